The largest absolute Gasteiger partial charge is 0.490 e. The van der Waals surface area contributed by atoms with Gasteiger partial charge in [0.05, 0.1) is 24.1 Å². The Balaban J connectivity index is 1.44. The monoisotopic (exact) mass is 439 g/mol. The van der Waals surface area contributed by atoms with Gasteiger partial charge in [0.2, 0.25) is 0 Å². The van der Waals surface area contributed by atoms with Crippen molar-refractivity contribution in [1.82, 2.24) is 9.99 Å². The molecule has 0 bridgehead atoms. The Hall–Kier alpha value is -4.32. The Bertz CT molecular complexity index is 1220. The van der Waals surface area contributed by atoms with E-state index in [1.54, 1.807) is 12.3 Å². The maximum Gasteiger partial charge on any atom is 0.273 e. The molecule has 4 rings (SSSR count). The van der Waals surface area contributed by atoms with Gasteiger partial charge in [-0.15, -0.1) is 0 Å². The summed E-state index contributed by atoms with van der Waals surface area (Å²) in [6.07, 6.45) is 5.37. The number of ether oxygens (including phenoxy) is 2. The summed E-state index contributed by atoms with van der Waals surface area (Å²) in [6.45, 7) is 2.88. The van der Waals surface area contributed by atoms with Crippen LogP contribution in [0.1, 0.15) is 28.4 Å². The minimum atomic E-state index is -0.289. The molecule has 0 saturated heterocycles. The number of aromatic nitrogens is 1. The Morgan fingerprint density at radius 2 is 1.67 bits per heavy atom. The molecular weight excluding hydrogens is 414 g/mol. The molecular formula is C27H25N3O3. The molecule has 4 aromatic rings. The van der Waals surface area contributed by atoms with Gasteiger partial charge in [0.1, 0.15) is 6.61 Å². The van der Waals surface area contributed by atoms with Crippen molar-refractivity contribution in [2.45, 2.75) is 13.5 Å². The van der Waals surface area contributed by atoms with E-state index in [0.29, 0.717) is 30.3 Å². The van der Waals surface area contributed by atoms with E-state index in [1.165, 1.54) is 0 Å². The van der Waals surface area contributed by atoms with E-state index in [1.807, 2.05) is 103 Å². The van der Waals surface area contributed by atoms with Crippen LogP contribution >= 0.6 is 0 Å². The highest BCUT2D eigenvalue weighted by Gasteiger charge is 2.11. The van der Waals surface area contributed by atoms with Crippen LogP contribution in [0.2, 0.25) is 0 Å². The van der Waals surface area contributed by atoms with Crippen molar-refractivity contribution >= 4 is 12.1 Å². The number of hydrogen-bond donors (Lipinski definition) is 1. The van der Waals surface area contributed by atoms with Gasteiger partial charge >= 0.3 is 0 Å². The van der Waals surface area contributed by atoms with Crippen molar-refractivity contribution in [2.24, 2.45) is 5.10 Å². The van der Waals surface area contributed by atoms with Gasteiger partial charge in [0, 0.05) is 12.4 Å². The Morgan fingerprint density at radius 1 is 0.909 bits per heavy atom. The molecule has 0 atom stereocenters. The lowest BCUT2D eigenvalue weighted by Crippen LogP contribution is -2.19. The molecule has 0 radical (unpaired) electrons. The van der Waals surface area contributed by atoms with Gasteiger partial charge < -0.3 is 14.0 Å². The maximum absolute atomic E-state index is 12.7. The van der Waals surface area contributed by atoms with E-state index in [-0.39, 0.29) is 5.91 Å². The smallest absolute Gasteiger partial charge is 0.273 e. The number of para-hydroxylation sites is 1. The molecule has 0 aliphatic heterocycles. The van der Waals surface area contributed by atoms with Gasteiger partial charge in [0.15, 0.2) is 11.5 Å². The minimum Gasteiger partial charge on any atom is -0.490 e. The van der Waals surface area contributed by atoms with Gasteiger partial charge in [0.25, 0.3) is 5.91 Å². The van der Waals surface area contributed by atoms with Crippen molar-refractivity contribution in [3.05, 3.63) is 114 Å². The Morgan fingerprint density at radius 3 is 2.45 bits per heavy atom. The van der Waals surface area contributed by atoms with Gasteiger partial charge in [-0.1, -0.05) is 42.5 Å². The molecule has 1 heterocycles. The molecule has 166 valence electrons. The third kappa shape index (κ3) is 5.68. The van der Waals surface area contributed by atoms with Crippen LogP contribution in [0.3, 0.4) is 0 Å². The van der Waals surface area contributed by atoms with Crippen molar-refractivity contribution in [1.29, 1.82) is 0 Å². The van der Waals surface area contributed by atoms with Crippen LogP contribution in [0.25, 0.3) is 5.69 Å². The summed E-state index contributed by atoms with van der Waals surface area (Å²) in [6, 6.07) is 26.7. The molecule has 0 aliphatic carbocycles. The van der Waals surface area contributed by atoms with E-state index in [4.69, 9.17) is 9.47 Å². The molecule has 0 saturated carbocycles. The second-order valence-corrected chi connectivity index (χ2v) is 7.22. The lowest BCUT2D eigenvalue weighted by Gasteiger charge is -2.12. The third-order valence-electron chi connectivity index (χ3n) is 4.92. The van der Waals surface area contributed by atoms with E-state index < -0.39 is 0 Å². The Labute approximate surface area is 193 Å². The zero-order valence-electron chi connectivity index (χ0n) is 18.3. The summed E-state index contributed by atoms with van der Waals surface area (Å²) in [4.78, 5) is 12.7. The fourth-order valence-electron chi connectivity index (χ4n) is 3.34. The van der Waals surface area contributed by atoms with Gasteiger partial charge in [-0.05, 0) is 60.5 Å². The number of benzene rings is 3. The van der Waals surface area contributed by atoms with Gasteiger partial charge in [-0.25, -0.2) is 5.43 Å². The van der Waals surface area contributed by atoms with Crippen LogP contribution in [0.5, 0.6) is 11.5 Å². The zero-order chi connectivity index (χ0) is 22.9. The highest BCUT2D eigenvalue weighted by atomic mass is 16.5. The molecule has 0 unspecified atom stereocenters. The predicted octanol–water partition coefficient (Wildman–Crippen LogP) is 5.22. The first-order valence-corrected chi connectivity index (χ1v) is 10.7. The molecule has 1 aromatic heterocycles. The fraction of sp³-hybridized carbons (Fsp3) is 0.111. The summed E-state index contributed by atoms with van der Waals surface area (Å²) in [7, 11) is 0. The highest BCUT2D eigenvalue weighted by molar-refractivity contribution is 5.98. The van der Waals surface area contributed by atoms with Gasteiger partial charge in [-0.2, -0.15) is 5.10 Å². The summed E-state index contributed by atoms with van der Waals surface area (Å²) in [5.41, 5.74) is 5.79. The average Bonchev–Trinajstić information content (AvgIpc) is 3.39. The molecule has 3 aromatic carbocycles. The highest BCUT2D eigenvalue weighted by Crippen LogP contribution is 2.29. The van der Waals surface area contributed by atoms with Crippen molar-refractivity contribution in [3.8, 4) is 17.2 Å². The topological polar surface area (TPSA) is 64.8 Å². The summed E-state index contributed by atoms with van der Waals surface area (Å²) in [5.74, 6) is 0.993. The number of rotatable bonds is 9. The van der Waals surface area contributed by atoms with E-state index in [2.05, 4.69) is 10.5 Å². The quantitative estimate of drug-likeness (QED) is 0.287. The number of carbonyl (C=O) groups excluding carboxylic acids is 1. The first kappa shape index (κ1) is 21.9. The van der Waals surface area contributed by atoms with E-state index in [0.717, 1.165) is 16.8 Å². The summed E-state index contributed by atoms with van der Waals surface area (Å²) >= 11 is 0. The van der Waals surface area contributed by atoms with Crippen molar-refractivity contribution in [3.63, 3.8) is 0 Å². The number of carbonyl (C=O) groups is 1. The fourth-order valence-corrected chi connectivity index (χ4v) is 3.34. The molecule has 1 amide bonds. The third-order valence-corrected chi connectivity index (χ3v) is 4.92. The van der Waals surface area contributed by atoms with Crippen LogP contribution in [-0.2, 0) is 6.61 Å². The average molecular weight is 440 g/mol. The molecule has 0 spiro atoms. The number of hydrazone groups is 1. The molecule has 1 N–H and O–H groups in total. The predicted molar refractivity (Wildman–Crippen MR) is 129 cm³/mol. The lowest BCUT2D eigenvalue weighted by molar-refractivity contribution is 0.0955. The SMILES string of the molecule is CCOc1cc(/C=N/NC(=O)c2ccccc2-n2cccc2)ccc1OCc1ccccc1. The molecule has 6 heteroatoms. The second kappa shape index (κ2) is 10.8. The van der Waals surface area contributed by atoms with Gasteiger partial charge in [-0.3, -0.25) is 4.79 Å². The first-order chi connectivity index (χ1) is 16.2. The normalized spacial score (nSPS) is 10.8. The van der Waals surface area contributed by atoms with E-state index in [9.17, 15) is 4.79 Å². The summed E-state index contributed by atoms with van der Waals surface area (Å²) in [5, 5.41) is 4.13. The number of amides is 1. The van der Waals surface area contributed by atoms with Crippen molar-refractivity contribution in [2.75, 3.05) is 6.61 Å². The Kier molecular flexibility index (Phi) is 7.18. The summed E-state index contributed by atoms with van der Waals surface area (Å²) < 4.78 is 13.6. The number of nitrogens with zero attached hydrogens (tertiary/aromatic N) is 2. The minimum absolute atomic E-state index is 0.289. The van der Waals surface area contributed by atoms with Crippen molar-refractivity contribution < 1.29 is 14.3 Å². The van der Waals surface area contributed by atoms with Crippen LogP contribution in [0, 0.1) is 0 Å². The van der Waals surface area contributed by atoms with Crippen LogP contribution < -0.4 is 14.9 Å². The van der Waals surface area contributed by atoms with Crippen LogP contribution in [0.15, 0.2) is 102 Å². The number of hydrogen-bond acceptors (Lipinski definition) is 4. The lowest BCUT2D eigenvalue weighted by atomic mass is 10.1. The van der Waals surface area contributed by atoms with Crippen LogP contribution in [-0.4, -0.2) is 23.3 Å². The number of nitrogens with one attached hydrogen (secondary N) is 1. The van der Waals surface area contributed by atoms with Crippen LogP contribution in [0.4, 0.5) is 0 Å². The molecule has 6 nitrogen and oxygen atoms in total. The first-order valence-electron chi connectivity index (χ1n) is 10.7. The molecule has 0 fully saturated rings. The molecule has 0 aliphatic rings. The zero-order valence-corrected chi connectivity index (χ0v) is 18.3. The second-order valence-electron chi connectivity index (χ2n) is 7.22. The standard InChI is InChI=1S/C27H25N3O3/c1-2-32-26-18-22(14-15-25(26)33-20-21-10-4-3-5-11-21)19-28-29-27(31)23-12-6-7-13-24(23)30-16-8-9-17-30/h3-19H,2,20H2,1H3,(H,29,31)/b28-19+. The maximum atomic E-state index is 12.7. The molecule has 33 heavy (non-hydrogen) atoms. The van der Waals surface area contributed by atoms with E-state index >= 15 is 0 Å².